The number of nitrogens with zero attached hydrogens (tertiary/aromatic N) is 2. The molecule has 6 heteroatoms. The van der Waals surface area contributed by atoms with Crippen molar-refractivity contribution < 1.29 is 9.53 Å². The van der Waals surface area contributed by atoms with Gasteiger partial charge in [0, 0.05) is 30.3 Å². The average Bonchev–Trinajstić information content (AvgIpc) is 3.00. The van der Waals surface area contributed by atoms with E-state index in [1.54, 1.807) is 13.3 Å². The Hall–Kier alpha value is -2.50. The van der Waals surface area contributed by atoms with Gasteiger partial charge in [-0.2, -0.15) is 5.10 Å². The number of amides is 2. The summed E-state index contributed by atoms with van der Waals surface area (Å²) in [5.41, 5.74) is 1.50. The minimum absolute atomic E-state index is 0.242. The molecule has 6 nitrogen and oxygen atoms in total. The molecule has 0 aliphatic heterocycles. The highest BCUT2D eigenvalue weighted by atomic mass is 16.5. The number of aromatic nitrogens is 2. The van der Waals surface area contributed by atoms with Crippen molar-refractivity contribution in [2.24, 2.45) is 0 Å². The first kappa shape index (κ1) is 17.8. The lowest BCUT2D eigenvalue weighted by Crippen LogP contribution is -2.39. The maximum Gasteiger partial charge on any atom is 0.319 e. The van der Waals surface area contributed by atoms with Crippen LogP contribution in [0.4, 0.5) is 10.5 Å². The van der Waals surface area contributed by atoms with Crippen LogP contribution in [0.3, 0.4) is 0 Å². The summed E-state index contributed by atoms with van der Waals surface area (Å²) >= 11 is 0. The number of anilines is 1. The predicted molar refractivity (Wildman–Crippen MR) is 95.6 cm³/mol. The number of rotatable bonds is 7. The maximum atomic E-state index is 12.1. The van der Waals surface area contributed by atoms with Crippen molar-refractivity contribution in [1.82, 2.24) is 15.1 Å². The van der Waals surface area contributed by atoms with Gasteiger partial charge in [-0.25, -0.2) is 4.79 Å². The molecule has 0 radical (unpaired) electrons. The Bertz CT molecular complexity index is 679. The van der Waals surface area contributed by atoms with Crippen molar-refractivity contribution in [1.29, 1.82) is 0 Å². The van der Waals surface area contributed by atoms with E-state index in [1.807, 2.05) is 35.1 Å². The van der Waals surface area contributed by atoms with E-state index in [0.29, 0.717) is 12.2 Å². The lowest BCUT2D eigenvalue weighted by molar-refractivity contribution is 0.249. The van der Waals surface area contributed by atoms with Crippen LogP contribution < -0.4 is 15.4 Å². The number of carbonyl (C=O) groups is 1. The lowest BCUT2D eigenvalue weighted by atomic mass is 9.84. The van der Waals surface area contributed by atoms with Gasteiger partial charge in [-0.15, -0.1) is 0 Å². The Morgan fingerprint density at radius 3 is 2.79 bits per heavy atom. The van der Waals surface area contributed by atoms with Gasteiger partial charge < -0.3 is 15.4 Å². The number of methoxy groups -OCH3 is 1. The second-order valence-corrected chi connectivity index (χ2v) is 6.38. The molecule has 1 heterocycles. The molecule has 2 rings (SSSR count). The number of urea groups is 1. The van der Waals surface area contributed by atoms with Crippen molar-refractivity contribution in [3.63, 3.8) is 0 Å². The van der Waals surface area contributed by atoms with Gasteiger partial charge in [-0.3, -0.25) is 4.68 Å². The van der Waals surface area contributed by atoms with Crippen LogP contribution in [0.2, 0.25) is 0 Å². The molecule has 2 N–H and O–H groups in total. The summed E-state index contributed by atoms with van der Waals surface area (Å²) in [6, 6.07) is 7.62. The number of nitrogens with one attached hydrogen (secondary N) is 2. The lowest BCUT2D eigenvalue weighted by Gasteiger charge is -2.27. The fraction of sp³-hybridized carbons (Fsp3) is 0.444. The van der Waals surface area contributed by atoms with Crippen molar-refractivity contribution in [3.8, 4) is 5.75 Å². The van der Waals surface area contributed by atoms with Crippen molar-refractivity contribution in [3.05, 3.63) is 42.2 Å². The van der Waals surface area contributed by atoms with Crippen LogP contribution in [0.25, 0.3) is 0 Å². The zero-order valence-corrected chi connectivity index (χ0v) is 14.8. The molecule has 0 bridgehead atoms. The van der Waals surface area contributed by atoms with E-state index >= 15 is 0 Å². The van der Waals surface area contributed by atoms with E-state index in [2.05, 4.69) is 36.5 Å². The maximum absolute atomic E-state index is 12.1. The zero-order valence-electron chi connectivity index (χ0n) is 14.8. The van der Waals surface area contributed by atoms with Crippen LogP contribution in [0.15, 0.2) is 36.7 Å². The molecule has 0 aliphatic rings. The van der Waals surface area contributed by atoms with E-state index in [0.717, 1.165) is 24.3 Å². The van der Waals surface area contributed by atoms with Gasteiger partial charge in [0.15, 0.2) is 0 Å². The van der Waals surface area contributed by atoms with Gasteiger partial charge >= 0.3 is 6.03 Å². The highest BCUT2D eigenvalue weighted by Crippen LogP contribution is 2.30. The number of ether oxygens (including phenoxy) is 1. The highest BCUT2D eigenvalue weighted by Gasteiger charge is 2.24. The molecule has 1 aromatic carbocycles. The highest BCUT2D eigenvalue weighted by molar-refractivity contribution is 5.88. The minimum Gasteiger partial charge on any atom is -0.496 e. The number of benzene rings is 1. The number of carbonyl (C=O) groups excluding carboxylic acids is 1. The Labute approximate surface area is 143 Å². The molecule has 2 amide bonds. The molecule has 2 aromatic rings. The van der Waals surface area contributed by atoms with Crippen LogP contribution >= 0.6 is 0 Å². The van der Waals surface area contributed by atoms with E-state index in [9.17, 15) is 4.79 Å². The quantitative estimate of drug-likeness (QED) is 0.817. The first-order valence-electron chi connectivity index (χ1n) is 8.17. The SMILES string of the molecule is CCCn1cc(NC(=O)NCC(C)(C)c2ccccc2OC)cn1. The molecule has 24 heavy (non-hydrogen) atoms. The summed E-state index contributed by atoms with van der Waals surface area (Å²) in [6.07, 6.45) is 4.48. The molecule has 0 atom stereocenters. The second-order valence-electron chi connectivity index (χ2n) is 6.38. The molecular formula is C18H26N4O2. The van der Waals surface area contributed by atoms with E-state index in [-0.39, 0.29) is 11.4 Å². The Morgan fingerprint density at radius 1 is 1.33 bits per heavy atom. The number of para-hydroxylation sites is 1. The monoisotopic (exact) mass is 330 g/mol. The summed E-state index contributed by atoms with van der Waals surface area (Å²) < 4.78 is 7.23. The fourth-order valence-electron chi connectivity index (χ4n) is 2.56. The third-order valence-electron chi connectivity index (χ3n) is 3.87. The number of hydrogen-bond donors (Lipinski definition) is 2. The second kappa shape index (κ2) is 7.86. The summed E-state index contributed by atoms with van der Waals surface area (Å²) in [5, 5.41) is 9.92. The first-order chi connectivity index (χ1) is 11.5. The van der Waals surface area contributed by atoms with Crippen molar-refractivity contribution >= 4 is 11.7 Å². The van der Waals surface area contributed by atoms with Gasteiger partial charge in [0.2, 0.25) is 0 Å². The molecule has 0 aliphatic carbocycles. The number of aryl methyl sites for hydroxylation is 1. The van der Waals surface area contributed by atoms with Gasteiger partial charge in [0.05, 0.1) is 19.0 Å². The molecule has 0 spiro atoms. The topological polar surface area (TPSA) is 68.2 Å². The summed E-state index contributed by atoms with van der Waals surface area (Å²) in [5.74, 6) is 0.825. The fourth-order valence-corrected chi connectivity index (χ4v) is 2.56. The van der Waals surface area contributed by atoms with E-state index in [4.69, 9.17) is 4.74 Å². The smallest absolute Gasteiger partial charge is 0.319 e. The zero-order chi connectivity index (χ0) is 17.6. The summed E-state index contributed by atoms with van der Waals surface area (Å²) in [7, 11) is 1.66. The van der Waals surface area contributed by atoms with Gasteiger partial charge in [-0.05, 0) is 12.5 Å². The standard InChI is InChI=1S/C18H26N4O2/c1-5-10-22-12-14(11-20-22)21-17(23)19-13-18(2,3)15-8-6-7-9-16(15)24-4/h6-9,11-12H,5,10,13H2,1-4H3,(H2,19,21,23). The van der Waals surface area contributed by atoms with Crippen molar-refractivity contribution in [2.75, 3.05) is 19.0 Å². The van der Waals surface area contributed by atoms with Crippen LogP contribution in [-0.2, 0) is 12.0 Å². The molecule has 0 saturated carbocycles. The van der Waals surface area contributed by atoms with Gasteiger partial charge in [0.25, 0.3) is 0 Å². The van der Waals surface area contributed by atoms with Gasteiger partial charge in [0.1, 0.15) is 5.75 Å². The first-order valence-corrected chi connectivity index (χ1v) is 8.17. The third-order valence-corrected chi connectivity index (χ3v) is 3.87. The minimum atomic E-state index is -0.254. The molecule has 0 unspecified atom stereocenters. The Morgan fingerprint density at radius 2 is 2.08 bits per heavy atom. The van der Waals surface area contributed by atoms with E-state index in [1.165, 1.54) is 0 Å². The summed E-state index contributed by atoms with van der Waals surface area (Å²) in [6.45, 7) is 7.56. The Kier molecular flexibility index (Phi) is 5.84. The van der Waals surface area contributed by atoms with Crippen LogP contribution in [-0.4, -0.2) is 29.5 Å². The molecule has 0 saturated heterocycles. The van der Waals surface area contributed by atoms with Crippen LogP contribution in [0.1, 0.15) is 32.8 Å². The molecule has 130 valence electrons. The van der Waals surface area contributed by atoms with E-state index < -0.39 is 0 Å². The number of hydrogen-bond acceptors (Lipinski definition) is 3. The predicted octanol–water partition coefficient (Wildman–Crippen LogP) is 3.40. The normalized spacial score (nSPS) is 11.2. The third kappa shape index (κ3) is 4.50. The summed E-state index contributed by atoms with van der Waals surface area (Å²) in [4.78, 5) is 12.1. The molecular weight excluding hydrogens is 304 g/mol. The average molecular weight is 330 g/mol. The van der Waals surface area contributed by atoms with Gasteiger partial charge in [-0.1, -0.05) is 39.0 Å². The largest absolute Gasteiger partial charge is 0.496 e. The Balaban J connectivity index is 1.94. The van der Waals surface area contributed by atoms with Crippen LogP contribution in [0.5, 0.6) is 5.75 Å². The molecule has 1 aromatic heterocycles. The van der Waals surface area contributed by atoms with Crippen molar-refractivity contribution in [2.45, 2.75) is 39.2 Å². The molecule has 0 fully saturated rings. The van der Waals surface area contributed by atoms with Crippen LogP contribution in [0, 0.1) is 0 Å².